The molecule has 3 nitrogen and oxygen atoms in total. The second-order valence-electron chi connectivity index (χ2n) is 4.65. The SMILES string of the molecule is CC(NCc1ccco1)c1ccc(OCC(F)(F)F)cc1. The van der Waals surface area contributed by atoms with E-state index in [2.05, 4.69) is 10.1 Å². The highest BCUT2D eigenvalue weighted by molar-refractivity contribution is 5.29. The molecular weight excluding hydrogens is 283 g/mol. The van der Waals surface area contributed by atoms with E-state index < -0.39 is 12.8 Å². The van der Waals surface area contributed by atoms with Gasteiger partial charge in [-0.25, -0.2) is 0 Å². The van der Waals surface area contributed by atoms with Crippen LogP contribution in [0.3, 0.4) is 0 Å². The number of rotatable bonds is 6. The third-order valence-electron chi connectivity index (χ3n) is 2.95. The van der Waals surface area contributed by atoms with Crippen molar-refractivity contribution in [2.45, 2.75) is 25.7 Å². The molecular formula is C15H16F3NO2. The van der Waals surface area contributed by atoms with Crippen LogP contribution in [0.25, 0.3) is 0 Å². The molecule has 1 unspecified atom stereocenters. The molecule has 0 aliphatic rings. The molecule has 0 bridgehead atoms. The van der Waals surface area contributed by atoms with Crippen LogP contribution >= 0.6 is 0 Å². The molecule has 0 aliphatic heterocycles. The van der Waals surface area contributed by atoms with Gasteiger partial charge >= 0.3 is 6.18 Å². The monoisotopic (exact) mass is 299 g/mol. The lowest BCUT2D eigenvalue weighted by molar-refractivity contribution is -0.153. The molecule has 2 rings (SSSR count). The highest BCUT2D eigenvalue weighted by Gasteiger charge is 2.28. The van der Waals surface area contributed by atoms with Gasteiger partial charge in [-0.05, 0) is 36.8 Å². The number of hydrogen-bond donors (Lipinski definition) is 1. The molecule has 1 N–H and O–H groups in total. The van der Waals surface area contributed by atoms with E-state index in [0.29, 0.717) is 6.54 Å². The fourth-order valence-corrected chi connectivity index (χ4v) is 1.80. The maximum absolute atomic E-state index is 12.0. The molecule has 1 aromatic carbocycles. The summed E-state index contributed by atoms with van der Waals surface area (Å²) < 4.78 is 46.0. The minimum Gasteiger partial charge on any atom is -0.484 e. The normalized spacial score (nSPS) is 13.1. The minimum absolute atomic E-state index is 0.0479. The molecule has 1 aromatic heterocycles. The molecule has 0 aliphatic carbocycles. The van der Waals surface area contributed by atoms with Crippen molar-refractivity contribution in [2.75, 3.05) is 6.61 Å². The number of halogens is 3. The molecule has 21 heavy (non-hydrogen) atoms. The van der Waals surface area contributed by atoms with E-state index in [1.165, 1.54) is 12.1 Å². The van der Waals surface area contributed by atoms with Gasteiger partial charge in [0.05, 0.1) is 12.8 Å². The fraction of sp³-hybridized carbons (Fsp3) is 0.333. The van der Waals surface area contributed by atoms with Crippen molar-refractivity contribution in [1.29, 1.82) is 0 Å². The molecule has 1 atom stereocenters. The third-order valence-corrected chi connectivity index (χ3v) is 2.95. The van der Waals surface area contributed by atoms with E-state index >= 15 is 0 Å². The average Bonchev–Trinajstić information content (AvgIpc) is 2.95. The summed E-state index contributed by atoms with van der Waals surface area (Å²) in [6.45, 7) is 1.27. The zero-order chi connectivity index (χ0) is 15.3. The quantitative estimate of drug-likeness (QED) is 0.873. The van der Waals surface area contributed by atoms with Crippen LogP contribution in [0.15, 0.2) is 47.1 Å². The van der Waals surface area contributed by atoms with Crippen LogP contribution in [-0.2, 0) is 6.54 Å². The summed E-state index contributed by atoms with van der Waals surface area (Å²) in [6.07, 6.45) is -2.72. The van der Waals surface area contributed by atoms with Gasteiger partial charge in [0, 0.05) is 6.04 Å². The minimum atomic E-state index is -4.32. The van der Waals surface area contributed by atoms with Gasteiger partial charge in [-0.3, -0.25) is 0 Å². The Labute approximate surface area is 120 Å². The topological polar surface area (TPSA) is 34.4 Å². The second kappa shape index (κ2) is 6.67. The van der Waals surface area contributed by atoms with E-state index in [-0.39, 0.29) is 11.8 Å². The highest BCUT2D eigenvalue weighted by Crippen LogP contribution is 2.21. The van der Waals surface area contributed by atoms with Gasteiger partial charge in [0.15, 0.2) is 6.61 Å². The highest BCUT2D eigenvalue weighted by atomic mass is 19.4. The predicted molar refractivity (Wildman–Crippen MR) is 72.0 cm³/mol. The first kappa shape index (κ1) is 15.4. The number of benzene rings is 1. The lowest BCUT2D eigenvalue weighted by atomic mass is 10.1. The van der Waals surface area contributed by atoms with Crippen LogP contribution < -0.4 is 10.1 Å². The van der Waals surface area contributed by atoms with Gasteiger partial charge in [-0.15, -0.1) is 0 Å². The number of alkyl halides is 3. The molecule has 0 spiro atoms. The zero-order valence-electron chi connectivity index (χ0n) is 11.5. The fourth-order valence-electron chi connectivity index (χ4n) is 1.80. The molecule has 0 amide bonds. The van der Waals surface area contributed by atoms with Crippen molar-refractivity contribution in [1.82, 2.24) is 5.32 Å². The van der Waals surface area contributed by atoms with E-state index in [4.69, 9.17) is 4.42 Å². The Morgan fingerprint density at radius 1 is 1.19 bits per heavy atom. The summed E-state index contributed by atoms with van der Waals surface area (Å²) >= 11 is 0. The van der Waals surface area contributed by atoms with Crippen LogP contribution in [0.5, 0.6) is 5.75 Å². The lowest BCUT2D eigenvalue weighted by Gasteiger charge is -2.14. The van der Waals surface area contributed by atoms with E-state index in [1.807, 2.05) is 19.1 Å². The molecule has 0 saturated carbocycles. The summed E-state index contributed by atoms with van der Waals surface area (Å²) in [7, 11) is 0. The van der Waals surface area contributed by atoms with Gasteiger partial charge < -0.3 is 14.5 Å². The molecule has 0 fully saturated rings. The number of nitrogens with one attached hydrogen (secondary N) is 1. The Kier molecular flexibility index (Phi) is 4.90. The second-order valence-corrected chi connectivity index (χ2v) is 4.65. The Bertz CT molecular complexity index is 535. The standard InChI is InChI=1S/C15H16F3NO2/c1-11(19-9-14-3-2-8-20-14)12-4-6-13(7-5-12)21-10-15(16,17)18/h2-8,11,19H,9-10H2,1H3. The molecule has 0 radical (unpaired) electrons. The summed E-state index contributed by atoms with van der Waals surface area (Å²) in [5, 5.41) is 3.26. The van der Waals surface area contributed by atoms with Crippen molar-refractivity contribution in [2.24, 2.45) is 0 Å². The van der Waals surface area contributed by atoms with Gasteiger partial charge in [-0.2, -0.15) is 13.2 Å². The van der Waals surface area contributed by atoms with E-state index in [9.17, 15) is 13.2 Å². The first-order valence-electron chi connectivity index (χ1n) is 6.49. The number of furan rings is 1. The summed E-state index contributed by atoms with van der Waals surface area (Å²) in [6, 6.07) is 10.3. The summed E-state index contributed by atoms with van der Waals surface area (Å²) in [4.78, 5) is 0. The van der Waals surface area contributed by atoms with Gasteiger partial charge in [0.25, 0.3) is 0 Å². The Balaban J connectivity index is 1.86. The van der Waals surface area contributed by atoms with E-state index in [0.717, 1.165) is 11.3 Å². The summed E-state index contributed by atoms with van der Waals surface area (Å²) in [5.41, 5.74) is 0.959. The van der Waals surface area contributed by atoms with Crippen LogP contribution in [0.4, 0.5) is 13.2 Å². The predicted octanol–water partition coefficient (Wildman–Crippen LogP) is 4.07. The van der Waals surface area contributed by atoms with Crippen molar-refractivity contribution >= 4 is 0 Å². The van der Waals surface area contributed by atoms with Crippen molar-refractivity contribution in [3.63, 3.8) is 0 Å². The first-order valence-corrected chi connectivity index (χ1v) is 6.49. The molecule has 2 aromatic rings. The average molecular weight is 299 g/mol. The van der Waals surface area contributed by atoms with Gasteiger partial charge in [0.1, 0.15) is 11.5 Å². The largest absolute Gasteiger partial charge is 0.484 e. The maximum Gasteiger partial charge on any atom is 0.422 e. The van der Waals surface area contributed by atoms with Crippen LogP contribution in [0.2, 0.25) is 0 Å². The Morgan fingerprint density at radius 3 is 2.48 bits per heavy atom. The molecule has 1 heterocycles. The summed E-state index contributed by atoms with van der Waals surface area (Å²) in [5.74, 6) is 1.03. The van der Waals surface area contributed by atoms with Crippen LogP contribution in [0.1, 0.15) is 24.3 Å². The maximum atomic E-state index is 12.0. The first-order chi connectivity index (χ1) is 9.94. The Morgan fingerprint density at radius 2 is 1.90 bits per heavy atom. The van der Waals surface area contributed by atoms with Crippen molar-refractivity contribution in [3.05, 3.63) is 54.0 Å². The number of ether oxygens (including phenoxy) is 1. The van der Waals surface area contributed by atoms with Crippen LogP contribution in [-0.4, -0.2) is 12.8 Å². The van der Waals surface area contributed by atoms with E-state index in [1.54, 1.807) is 18.4 Å². The van der Waals surface area contributed by atoms with Crippen molar-refractivity contribution < 1.29 is 22.3 Å². The van der Waals surface area contributed by atoms with Crippen molar-refractivity contribution in [3.8, 4) is 5.75 Å². The third kappa shape index (κ3) is 5.15. The van der Waals surface area contributed by atoms with Crippen LogP contribution in [0, 0.1) is 0 Å². The number of hydrogen-bond acceptors (Lipinski definition) is 3. The van der Waals surface area contributed by atoms with Gasteiger partial charge in [0.2, 0.25) is 0 Å². The molecule has 0 saturated heterocycles. The lowest BCUT2D eigenvalue weighted by Crippen LogP contribution is -2.19. The van der Waals surface area contributed by atoms with Gasteiger partial charge in [-0.1, -0.05) is 12.1 Å². The zero-order valence-corrected chi connectivity index (χ0v) is 11.5. The molecule has 114 valence electrons. The molecule has 6 heteroatoms. The smallest absolute Gasteiger partial charge is 0.422 e. The Hall–Kier alpha value is -1.95.